The molecule has 0 N–H and O–H groups in total. The first-order valence-electron chi connectivity index (χ1n) is 7.69. The molecule has 114 valence electrons. The van der Waals surface area contributed by atoms with E-state index in [0.29, 0.717) is 0 Å². The van der Waals surface area contributed by atoms with Crippen LogP contribution in [0.3, 0.4) is 0 Å². The van der Waals surface area contributed by atoms with Crippen molar-refractivity contribution in [3.8, 4) is 11.1 Å². The summed E-state index contributed by atoms with van der Waals surface area (Å²) in [7, 11) is 4.07. The molecule has 0 saturated heterocycles. The molecule has 0 aliphatic carbocycles. The van der Waals surface area contributed by atoms with Gasteiger partial charge in [-0.05, 0) is 47.0 Å². The number of hydrogen-bond acceptors (Lipinski definition) is 2. The van der Waals surface area contributed by atoms with Crippen LogP contribution in [0.1, 0.15) is 5.56 Å². The molecule has 0 fully saturated rings. The third-order valence-electron chi connectivity index (χ3n) is 3.72. The van der Waals surface area contributed by atoms with Gasteiger partial charge >= 0.3 is 0 Å². The van der Waals surface area contributed by atoms with Crippen LogP contribution in [0.4, 0.5) is 11.4 Å². The lowest BCUT2D eigenvalue weighted by molar-refractivity contribution is 1.13. The van der Waals surface area contributed by atoms with Gasteiger partial charge in [-0.1, -0.05) is 48.5 Å². The molecule has 0 saturated carbocycles. The maximum Gasteiger partial charge on any atom is 0.0631 e. The molecule has 2 heteroatoms. The Balaban J connectivity index is 1.80. The van der Waals surface area contributed by atoms with Gasteiger partial charge < -0.3 is 4.90 Å². The molecule has 23 heavy (non-hydrogen) atoms. The summed E-state index contributed by atoms with van der Waals surface area (Å²) in [5.74, 6) is 0. The predicted octanol–water partition coefficient (Wildman–Crippen LogP) is 5.17. The zero-order valence-electron chi connectivity index (χ0n) is 13.5. The zero-order chi connectivity index (χ0) is 16.1. The second kappa shape index (κ2) is 6.93. The summed E-state index contributed by atoms with van der Waals surface area (Å²) in [4.78, 5) is 6.65. The Bertz CT molecular complexity index is 788. The van der Waals surface area contributed by atoms with Crippen LogP contribution in [0.15, 0.2) is 83.9 Å². The minimum Gasteiger partial charge on any atom is -0.378 e. The monoisotopic (exact) mass is 300 g/mol. The lowest BCUT2D eigenvalue weighted by Gasteiger charge is -2.11. The predicted molar refractivity (Wildman–Crippen MR) is 99.9 cm³/mol. The van der Waals surface area contributed by atoms with E-state index < -0.39 is 0 Å². The largest absolute Gasteiger partial charge is 0.378 e. The molecule has 3 rings (SSSR count). The van der Waals surface area contributed by atoms with Gasteiger partial charge in [-0.25, -0.2) is 0 Å². The maximum absolute atomic E-state index is 4.57. The summed E-state index contributed by atoms with van der Waals surface area (Å²) in [6, 6.07) is 27.0. The van der Waals surface area contributed by atoms with E-state index >= 15 is 0 Å². The van der Waals surface area contributed by atoms with E-state index in [-0.39, 0.29) is 0 Å². The molecule has 2 nitrogen and oxygen atoms in total. The van der Waals surface area contributed by atoms with Crippen molar-refractivity contribution in [3.63, 3.8) is 0 Å². The number of anilines is 1. The van der Waals surface area contributed by atoms with E-state index in [0.717, 1.165) is 11.3 Å². The Kier molecular flexibility index (Phi) is 4.53. The quantitative estimate of drug-likeness (QED) is 0.607. The molecule has 0 unspecified atom stereocenters. The number of aliphatic imine (C=N–C) groups is 1. The van der Waals surface area contributed by atoms with Crippen molar-refractivity contribution in [1.82, 2.24) is 0 Å². The Hall–Kier alpha value is -2.87. The highest BCUT2D eigenvalue weighted by Gasteiger charge is 1.98. The van der Waals surface area contributed by atoms with E-state index in [1.807, 2.05) is 38.5 Å². The molecule has 0 aliphatic heterocycles. The van der Waals surface area contributed by atoms with E-state index in [1.165, 1.54) is 16.8 Å². The van der Waals surface area contributed by atoms with Gasteiger partial charge in [0.1, 0.15) is 0 Å². The number of nitrogens with zero attached hydrogens (tertiary/aromatic N) is 2. The van der Waals surface area contributed by atoms with Gasteiger partial charge in [0, 0.05) is 26.0 Å². The van der Waals surface area contributed by atoms with Crippen molar-refractivity contribution in [2.45, 2.75) is 0 Å². The second-order valence-electron chi connectivity index (χ2n) is 5.66. The van der Waals surface area contributed by atoms with Crippen LogP contribution in [-0.4, -0.2) is 20.3 Å². The fourth-order valence-electron chi connectivity index (χ4n) is 2.42. The SMILES string of the molecule is CN(C)c1ccc(N=Cc2cccc(-c3ccccc3)c2)cc1. The van der Waals surface area contributed by atoms with Gasteiger partial charge in [-0.2, -0.15) is 0 Å². The normalized spacial score (nSPS) is 10.9. The topological polar surface area (TPSA) is 15.6 Å². The van der Waals surface area contributed by atoms with Gasteiger partial charge in [0.2, 0.25) is 0 Å². The van der Waals surface area contributed by atoms with Crippen LogP contribution in [0.25, 0.3) is 11.1 Å². The van der Waals surface area contributed by atoms with E-state index in [9.17, 15) is 0 Å². The highest BCUT2D eigenvalue weighted by atomic mass is 15.1. The van der Waals surface area contributed by atoms with Crippen molar-refractivity contribution < 1.29 is 0 Å². The van der Waals surface area contributed by atoms with Gasteiger partial charge in [0.05, 0.1) is 5.69 Å². The molecule has 0 amide bonds. The Labute approximate surface area is 137 Å². The lowest BCUT2D eigenvalue weighted by atomic mass is 10.0. The smallest absolute Gasteiger partial charge is 0.0631 e. The fraction of sp³-hybridized carbons (Fsp3) is 0.0952. The maximum atomic E-state index is 4.57. The fourth-order valence-corrected chi connectivity index (χ4v) is 2.42. The number of rotatable bonds is 4. The van der Waals surface area contributed by atoms with Crippen molar-refractivity contribution in [3.05, 3.63) is 84.4 Å². The Morgan fingerprint density at radius 1 is 0.739 bits per heavy atom. The first-order valence-corrected chi connectivity index (χ1v) is 7.69. The molecular weight excluding hydrogens is 280 g/mol. The summed E-state index contributed by atoms with van der Waals surface area (Å²) in [6.07, 6.45) is 1.91. The van der Waals surface area contributed by atoms with Gasteiger partial charge in [0.15, 0.2) is 0 Å². The summed E-state index contributed by atoms with van der Waals surface area (Å²) in [6.45, 7) is 0. The van der Waals surface area contributed by atoms with Crippen molar-refractivity contribution in [2.24, 2.45) is 4.99 Å². The lowest BCUT2D eigenvalue weighted by Crippen LogP contribution is -2.07. The summed E-state index contributed by atoms with van der Waals surface area (Å²) in [5.41, 5.74) is 5.66. The highest BCUT2D eigenvalue weighted by molar-refractivity contribution is 5.84. The third-order valence-corrected chi connectivity index (χ3v) is 3.72. The zero-order valence-corrected chi connectivity index (χ0v) is 13.5. The van der Waals surface area contributed by atoms with Gasteiger partial charge in [0.25, 0.3) is 0 Å². The minimum atomic E-state index is 0.959. The average Bonchev–Trinajstić information content (AvgIpc) is 2.61. The first kappa shape index (κ1) is 15.0. The van der Waals surface area contributed by atoms with Crippen LogP contribution in [0.5, 0.6) is 0 Å². The molecule has 0 heterocycles. The summed E-state index contributed by atoms with van der Waals surface area (Å²) < 4.78 is 0. The number of hydrogen-bond donors (Lipinski definition) is 0. The second-order valence-corrected chi connectivity index (χ2v) is 5.66. The van der Waals surface area contributed by atoms with Crippen molar-refractivity contribution in [2.75, 3.05) is 19.0 Å². The van der Waals surface area contributed by atoms with Crippen LogP contribution >= 0.6 is 0 Å². The Morgan fingerprint density at radius 2 is 1.43 bits per heavy atom. The molecule has 0 aromatic heterocycles. The minimum absolute atomic E-state index is 0.959. The molecule has 0 atom stereocenters. The first-order chi connectivity index (χ1) is 11.2. The van der Waals surface area contributed by atoms with E-state index in [1.54, 1.807) is 0 Å². The summed E-state index contributed by atoms with van der Waals surface area (Å²) >= 11 is 0. The summed E-state index contributed by atoms with van der Waals surface area (Å²) in [5, 5.41) is 0. The van der Waals surface area contributed by atoms with Crippen LogP contribution in [-0.2, 0) is 0 Å². The molecule has 0 radical (unpaired) electrons. The molecule has 0 aliphatic rings. The molecule has 0 spiro atoms. The third kappa shape index (κ3) is 3.86. The molecule has 3 aromatic rings. The van der Waals surface area contributed by atoms with E-state index in [2.05, 4.69) is 70.6 Å². The van der Waals surface area contributed by atoms with Crippen molar-refractivity contribution >= 4 is 17.6 Å². The highest BCUT2D eigenvalue weighted by Crippen LogP contribution is 2.21. The average molecular weight is 300 g/mol. The Morgan fingerprint density at radius 3 is 2.13 bits per heavy atom. The van der Waals surface area contributed by atoms with Gasteiger partial charge in [-0.3, -0.25) is 4.99 Å². The molecular formula is C21H20N2. The van der Waals surface area contributed by atoms with E-state index in [4.69, 9.17) is 0 Å². The van der Waals surface area contributed by atoms with Crippen molar-refractivity contribution in [1.29, 1.82) is 0 Å². The van der Waals surface area contributed by atoms with Crippen LogP contribution in [0, 0.1) is 0 Å². The van der Waals surface area contributed by atoms with Gasteiger partial charge in [-0.15, -0.1) is 0 Å². The molecule has 3 aromatic carbocycles. The number of benzene rings is 3. The van der Waals surface area contributed by atoms with Crippen LogP contribution in [0.2, 0.25) is 0 Å². The molecule has 0 bridgehead atoms. The standard InChI is InChI=1S/C21H20N2/c1-23(2)21-13-11-20(12-14-21)22-16-17-7-6-10-19(15-17)18-8-4-3-5-9-18/h3-16H,1-2H3. The van der Waals surface area contributed by atoms with Crippen LogP contribution < -0.4 is 4.90 Å².